The van der Waals surface area contributed by atoms with Crippen LogP contribution in [0.4, 0.5) is 0 Å². The summed E-state index contributed by atoms with van der Waals surface area (Å²) in [7, 11) is 0. The van der Waals surface area contributed by atoms with Gasteiger partial charge in [0.15, 0.2) is 0 Å². The van der Waals surface area contributed by atoms with Gasteiger partial charge in [0.2, 0.25) is 0 Å². The van der Waals surface area contributed by atoms with Crippen LogP contribution in [-0.2, 0) is 19.1 Å². The van der Waals surface area contributed by atoms with Crippen molar-refractivity contribution in [3.05, 3.63) is 0 Å². The fraction of sp³-hybridized carbons (Fsp3) is 0.714. The van der Waals surface area contributed by atoms with Crippen molar-refractivity contribution >= 4 is 12.4 Å². The lowest BCUT2D eigenvalue weighted by Crippen LogP contribution is -2.12. The predicted octanol–water partition coefficient (Wildman–Crippen LogP) is 0.113. The first kappa shape index (κ1) is 8.20. The fourth-order valence-electron chi connectivity index (χ4n) is 0.681. The minimum atomic E-state index is -0.624. The molecular formula is C7H10O4. The summed E-state index contributed by atoms with van der Waals surface area (Å²) in [5.41, 5.74) is 0. The Morgan fingerprint density at radius 2 is 2.27 bits per heavy atom. The van der Waals surface area contributed by atoms with Crippen LogP contribution in [0.15, 0.2) is 0 Å². The van der Waals surface area contributed by atoms with Crippen molar-refractivity contribution in [1.82, 2.24) is 0 Å². The maximum atomic E-state index is 10.5. The van der Waals surface area contributed by atoms with Gasteiger partial charge >= 0.3 is 12.4 Å². The fourth-order valence-corrected chi connectivity index (χ4v) is 0.681. The number of esters is 1. The molecule has 1 aliphatic carbocycles. The van der Waals surface area contributed by atoms with E-state index in [0.717, 1.165) is 0 Å². The van der Waals surface area contributed by atoms with E-state index in [9.17, 15) is 9.59 Å². The summed E-state index contributed by atoms with van der Waals surface area (Å²) >= 11 is 0. The predicted molar refractivity (Wildman–Crippen MR) is 35.7 cm³/mol. The van der Waals surface area contributed by atoms with Gasteiger partial charge in [-0.1, -0.05) is 0 Å². The van der Waals surface area contributed by atoms with Crippen molar-refractivity contribution in [2.45, 2.75) is 12.8 Å². The average molecular weight is 158 g/mol. The van der Waals surface area contributed by atoms with Crippen molar-refractivity contribution in [3.63, 3.8) is 0 Å². The molecule has 0 saturated heterocycles. The van der Waals surface area contributed by atoms with E-state index in [1.54, 1.807) is 0 Å². The van der Waals surface area contributed by atoms with E-state index in [2.05, 4.69) is 4.74 Å². The summed E-state index contributed by atoms with van der Waals surface area (Å²) in [6.45, 7) is 0.603. The van der Waals surface area contributed by atoms with Crippen LogP contribution in [0.3, 0.4) is 0 Å². The number of hydrogen-bond donors (Lipinski definition) is 0. The van der Waals surface area contributed by atoms with E-state index in [0.29, 0.717) is 12.5 Å². The Labute approximate surface area is 64.5 Å². The Balaban J connectivity index is 1.92. The molecule has 1 rings (SSSR count). The van der Waals surface area contributed by atoms with Crippen LogP contribution in [0, 0.1) is 5.92 Å². The largest absolute Gasteiger partial charge is 0.394 e. The number of carbonyl (C=O) groups excluding carboxylic acids is 2. The normalized spacial score (nSPS) is 16.0. The Kier molecular flexibility index (Phi) is 3.04. The third-order valence-corrected chi connectivity index (χ3v) is 1.45. The zero-order chi connectivity index (χ0) is 8.10. The van der Waals surface area contributed by atoms with Crippen molar-refractivity contribution < 1.29 is 19.1 Å². The molecule has 4 nitrogen and oxygen atoms in total. The first-order valence-electron chi connectivity index (χ1n) is 3.54. The molecule has 0 atom stereocenters. The minimum absolute atomic E-state index is 0.114. The summed E-state index contributed by atoms with van der Waals surface area (Å²) in [4.78, 5) is 20.1. The standard InChI is InChI=1S/C7H10O4/c8-5-11-7(9)4-10-3-6-1-2-6/h5-6H,1-4H2. The maximum Gasteiger partial charge on any atom is 0.339 e. The van der Waals surface area contributed by atoms with E-state index in [1.165, 1.54) is 12.8 Å². The quantitative estimate of drug-likeness (QED) is 0.324. The highest BCUT2D eigenvalue weighted by Crippen LogP contribution is 2.28. The Morgan fingerprint density at radius 3 is 2.82 bits per heavy atom. The van der Waals surface area contributed by atoms with Gasteiger partial charge in [-0.15, -0.1) is 0 Å². The van der Waals surface area contributed by atoms with Crippen LogP contribution < -0.4 is 0 Å². The molecule has 0 amide bonds. The van der Waals surface area contributed by atoms with Gasteiger partial charge in [-0.2, -0.15) is 0 Å². The molecule has 4 heteroatoms. The van der Waals surface area contributed by atoms with Gasteiger partial charge in [0.05, 0.1) is 6.61 Å². The molecule has 0 aromatic rings. The molecule has 0 heterocycles. The Morgan fingerprint density at radius 1 is 1.55 bits per heavy atom. The molecule has 62 valence electrons. The molecule has 0 aromatic heterocycles. The second-order valence-corrected chi connectivity index (χ2v) is 2.54. The lowest BCUT2D eigenvalue weighted by Gasteiger charge is -1.98. The van der Waals surface area contributed by atoms with Gasteiger partial charge in [0.1, 0.15) is 6.61 Å². The topological polar surface area (TPSA) is 52.6 Å². The molecule has 0 bridgehead atoms. The van der Waals surface area contributed by atoms with Crippen molar-refractivity contribution in [3.8, 4) is 0 Å². The van der Waals surface area contributed by atoms with E-state index in [4.69, 9.17) is 4.74 Å². The minimum Gasteiger partial charge on any atom is -0.394 e. The SMILES string of the molecule is O=COC(=O)COCC1CC1. The summed E-state index contributed by atoms with van der Waals surface area (Å²) in [6, 6.07) is 0. The summed E-state index contributed by atoms with van der Waals surface area (Å²) in [5, 5.41) is 0. The molecule has 0 spiro atoms. The zero-order valence-electron chi connectivity index (χ0n) is 6.12. The maximum absolute atomic E-state index is 10.5. The summed E-state index contributed by atoms with van der Waals surface area (Å²) < 4.78 is 8.94. The monoisotopic (exact) mass is 158 g/mol. The van der Waals surface area contributed by atoms with Crippen molar-refractivity contribution in [2.75, 3.05) is 13.2 Å². The Bertz CT molecular complexity index is 151. The third kappa shape index (κ3) is 3.72. The summed E-state index contributed by atoms with van der Waals surface area (Å²) in [5.74, 6) is -0.000295. The smallest absolute Gasteiger partial charge is 0.339 e. The van der Waals surface area contributed by atoms with Crippen LogP contribution in [0.25, 0.3) is 0 Å². The molecule has 11 heavy (non-hydrogen) atoms. The highest BCUT2D eigenvalue weighted by Gasteiger charge is 2.21. The van der Waals surface area contributed by atoms with Gasteiger partial charge in [-0.3, -0.25) is 4.79 Å². The van der Waals surface area contributed by atoms with E-state index < -0.39 is 5.97 Å². The average Bonchev–Trinajstić information content (AvgIpc) is 2.72. The first-order valence-corrected chi connectivity index (χ1v) is 3.54. The van der Waals surface area contributed by atoms with Crippen LogP contribution in [0.2, 0.25) is 0 Å². The molecule has 0 radical (unpaired) electrons. The molecular weight excluding hydrogens is 148 g/mol. The number of ether oxygens (including phenoxy) is 2. The van der Waals surface area contributed by atoms with Crippen LogP contribution in [0.5, 0.6) is 0 Å². The lowest BCUT2D eigenvalue weighted by molar-refractivity contribution is -0.155. The Hall–Kier alpha value is -0.900. The van der Waals surface area contributed by atoms with Crippen molar-refractivity contribution in [1.29, 1.82) is 0 Å². The first-order chi connectivity index (χ1) is 5.33. The molecule has 0 aromatic carbocycles. The molecule has 1 fully saturated rings. The summed E-state index contributed by atoms with van der Waals surface area (Å²) in [6.07, 6.45) is 2.37. The molecule has 0 unspecified atom stereocenters. The van der Waals surface area contributed by atoms with Crippen LogP contribution in [-0.4, -0.2) is 25.7 Å². The van der Waals surface area contributed by atoms with Gasteiger partial charge in [-0.05, 0) is 18.8 Å². The second-order valence-electron chi connectivity index (χ2n) is 2.54. The van der Waals surface area contributed by atoms with Gasteiger partial charge in [0, 0.05) is 0 Å². The molecule has 0 aliphatic heterocycles. The van der Waals surface area contributed by atoms with Crippen molar-refractivity contribution in [2.24, 2.45) is 5.92 Å². The van der Waals surface area contributed by atoms with E-state index >= 15 is 0 Å². The van der Waals surface area contributed by atoms with Crippen LogP contribution >= 0.6 is 0 Å². The molecule has 1 aliphatic rings. The molecule has 0 N–H and O–H groups in total. The van der Waals surface area contributed by atoms with Gasteiger partial charge in [0.25, 0.3) is 0 Å². The van der Waals surface area contributed by atoms with Gasteiger partial charge in [-0.25, -0.2) is 4.79 Å². The number of carbonyl (C=O) groups is 2. The van der Waals surface area contributed by atoms with E-state index in [-0.39, 0.29) is 13.1 Å². The number of hydrogen-bond acceptors (Lipinski definition) is 4. The van der Waals surface area contributed by atoms with Gasteiger partial charge < -0.3 is 9.47 Å². The number of rotatable bonds is 5. The second kappa shape index (κ2) is 4.08. The third-order valence-electron chi connectivity index (χ3n) is 1.45. The zero-order valence-corrected chi connectivity index (χ0v) is 6.12. The van der Waals surface area contributed by atoms with E-state index in [1.807, 2.05) is 0 Å². The highest BCUT2D eigenvalue weighted by atomic mass is 16.6. The highest BCUT2D eigenvalue weighted by molar-refractivity contribution is 5.77. The van der Waals surface area contributed by atoms with Crippen LogP contribution in [0.1, 0.15) is 12.8 Å². The lowest BCUT2D eigenvalue weighted by atomic mass is 10.5. The molecule has 1 saturated carbocycles.